The van der Waals surface area contributed by atoms with Crippen molar-refractivity contribution < 1.29 is 38.8 Å². The second-order valence-electron chi connectivity index (χ2n) is 13.5. The molecule has 1 spiro atoms. The molecule has 2 heterocycles. The summed E-state index contributed by atoms with van der Waals surface area (Å²) in [4.78, 5) is 42.1. The quantitative estimate of drug-likeness (QED) is 0.407. The number of aliphatic hydroxyl groups is 1. The van der Waals surface area contributed by atoms with Crippen LogP contribution in [-0.4, -0.2) is 75.9 Å². The molecule has 44 heavy (non-hydrogen) atoms. The van der Waals surface area contributed by atoms with Crippen LogP contribution < -0.4 is 10.1 Å². The molecule has 2 unspecified atom stereocenters. The lowest BCUT2D eigenvalue weighted by molar-refractivity contribution is -0.170. The van der Waals surface area contributed by atoms with Crippen molar-refractivity contribution in [1.29, 1.82) is 0 Å². The van der Waals surface area contributed by atoms with Gasteiger partial charge in [-0.15, -0.1) is 0 Å². The highest BCUT2D eigenvalue weighted by Crippen LogP contribution is 2.65. The van der Waals surface area contributed by atoms with Gasteiger partial charge in [-0.05, 0) is 77.4 Å². The van der Waals surface area contributed by atoms with E-state index in [2.05, 4.69) is 10.2 Å². The van der Waals surface area contributed by atoms with E-state index >= 15 is 0 Å². The Bertz CT molecular complexity index is 1530. The molecular weight excluding hydrogens is 564 g/mol. The lowest BCUT2D eigenvalue weighted by Crippen LogP contribution is -2.74. The van der Waals surface area contributed by atoms with Crippen molar-refractivity contribution in [2.24, 2.45) is 0 Å². The molecule has 2 aromatic rings. The van der Waals surface area contributed by atoms with Crippen molar-refractivity contribution in [3.63, 3.8) is 0 Å². The highest BCUT2D eigenvalue weighted by molar-refractivity contribution is 5.91. The Morgan fingerprint density at radius 1 is 1.16 bits per heavy atom. The molecule has 1 fully saturated rings. The number of phenolic OH excluding ortho intramolecular Hbond substituents is 1. The van der Waals surface area contributed by atoms with Crippen LogP contribution in [0.15, 0.2) is 54.3 Å². The third-order valence-corrected chi connectivity index (χ3v) is 9.66. The first kappa shape index (κ1) is 30.1. The number of ether oxygens (including phenoxy) is 3. The first-order valence-electron chi connectivity index (χ1n) is 15.2. The topological polar surface area (TPSA) is 135 Å². The number of nitrogens with one attached hydrogen (secondary N) is 1. The van der Waals surface area contributed by atoms with Crippen LogP contribution in [0, 0.1) is 0 Å². The van der Waals surface area contributed by atoms with Gasteiger partial charge in [-0.3, -0.25) is 9.59 Å². The number of likely N-dealkylation sites (N-methyl/N-ethyl adjacent to an activating group) is 1. The number of phenols is 1. The lowest BCUT2D eigenvalue weighted by Gasteiger charge is -2.61. The van der Waals surface area contributed by atoms with Gasteiger partial charge in [-0.25, -0.2) is 4.79 Å². The Labute approximate surface area is 257 Å². The molecule has 2 aliphatic heterocycles. The largest absolute Gasteiger partial charge is 0.504 e. The fourth-order valence-corrected chi connectivity index (χ4v) is 7.53. The Hall–Kier alpha value is -3.89. The van der Waals surface area contributed by atoms with Crippen molar-refractivity contribution in [3.05, 3.63) is 71.0 Å². The van der Waals surface area contributed by atoms with E-state index in [1.807, 2.05) is 43.4 Å². The second-order valence-corrected chi connectivity index (χ2v) is 13.5. The van der Waals surface area contributed by atoms with Gasteiger partial charge in [0.15, 0.2) is 17.6 Å². The predicted octanol–water partition coefficient (Wildman–Crippen LogP) is 3.23. The molecule has 10 heteroatoms. The van der Waals surface area contributed by atoms with E-state index in [9.17, 15) is 24.6 Å². The van der Waals surface area contributed by atoms with Gasteiger partial charge >= 0.3 is 11.9 Å². The Balaban J connectivity index is 1.26. The molecule has 234 valence electrons. The van der Waals surface area contributed by atoms with Crippen LogP contribution in [-0.2, 0) is 35.7 Å². The van der Waals surface area contributed by atoms with Crippen LogP contribution in [0.5, 0.6) is 11.5 Å². The molecule has 10 nitrogen and oxygen atoms in total. The summed E-state index contributed by atoms with van der Waals surface area (Å²) in [6.45, 7) is 7.54. The van der Waals surface area contributed by atoms with Crippen LogP contribution in [0.2, 0.25) is 0 Å². The van der Waals surface area contributed by atoms with E-state index < -0.39 is 58.9 Å². The number of aromatic hydroxyl groups is 1. The molecule has 0 aromatic heterocycles. The number of nitrogens with zero attached hydrogens (tertiary/aromatic N) is 1. The third kappa shape index (κ3) is 4.75. The van der Waals surface area contributed by atoms with Crippen LogP contribution in [0.1, 0.15) is 69.6 Å². The van der Waals surface area contributed by atoms with Gasteiger partial charge in [-0.1, -0.05) is 36.4 Å². The molecular formula is C34H40N2O8. The minimum Gasteiger partial charge on any atom is -0.504 e. The van der Waals surface area contributed by atoms with Gasteiger partial charge in [0.1, 0.15) is 17.4 Å². The first-order valence-corrected chi connectivity index (χ1v) is 15.2. The molecule has 1 amide bonds. The maximum absolute atomic E-state index is 13.5. The smallest absolute Gasteiger partial charge is 0.329 e. The average molecular weight is 605 g/mol. The minimum absolute atomic E-state index is 0.0295. The van der Waals surface area contributed by atoms with Gasteiger partial charge in [0.05, 0.1) is 23.4 Å². The number of benzene rings is 2. The second kappa shape index (κ2) is 10.6. The van der Waals surface area contributed by atoms with Crippen molar-refractivity contribution in [2.45, 2.75) is 94.1 Å². The predicted molar refractivity (Wildman–Crippen MR) is 160 cm³/mol. The normalized spacial score (nSPS) is 28.1. The van der Waals surface area contributed by atoms with Crippen LogP contribution in [0.25, 0.3) is 0 Å². The monoisotopic (exact) mass is 604 g/mol. The minimum atomic E-state index is -1.29. The molecule has 3 N–H and O–H groups in total. The average Bonchev–Trinajstić information content (AvgIpc) is 3.33. The number of rotatable bonds is 7. The van der Waals surface area contributed by atoms with Crippen LogP contribution >= 0.6 is 0 Å². The zero-order chi connectivity index (χ0) is 31.6. The van der Waals surface area contributed by atoms with E-state index in [0.717, 1.165) is 16.7 Å². The number of esters is 2. The molecule has 6 rings (SSSR count). The standard InChI is InChI=1S/C34H40N2O8/c1-19(20-9-7-6-8-10-20)30(39)35-22(31(40)44-32(2,3)4)18-26(38)42-24-13-14-34(41)25-17-21-11-12-23(37)28-27(21)33(34,29(24)43-28)15-16-36(25)5/h6-13,19,22,25,29,37,41H,14-18H2,1-5H3,(H,35,39)/t19-,22-,25+,29?,33?,34+/m0/s1. The molecule has 1 saturated heterocycles. The number of amides is 1. The Kier molecular flexibility index (Phi) is 7.28. The van der Waals surface area contributed by atoms with Gasteiger partial charge in [0.2, 0.25) is 5.91 Å². The van der Waals surface area contributed by atoms with Crippen molar-refractivity contribution in [2.75, 3.05) is 13.6 Å². The number of carbonyl (C=O) groups is 3. The maximum Gasteiger partial charge on any atom is 0.329 e. The molecule has 2 aromatic carbocycles. The van der Waals surface area contributed by atoms with Crippen molar-refractivity contribution >= 4 is 17.8 Å². The molecule has 0 radical (unpaired) electrons. The number of carbonyl (C=O) groups excluding carboxylic acids is 3. The van der Waals surface area contributed by atoms with Crippen LogP contribution in [0.4, 0.5) is 0 Å². The van der Waals surface area contributed by atoms with Gasteiger partial charge in [0, 0.05) is 18.0 Å². The summed E-state index contributed by atoms with van der Waals surface area (Å²) in [6.07, 6.45) is 1.72. The fraction of sp³-hybridized carbons (Fsp3) is 0.500. The summed E-state index contributed by atoms with van der Waals surface area (Å²) in [5.74, 6) is -2.02. The molecule has 0 saturated carbocycles. The van der Waals surface area contributed by atoms with E-state index in [1.165, 1.54) is 0 Å². The number of hydrogen-bond donors (Lipinski definition) is 3. The number of hydrogen-bond acceptors (Lipinski definition) is 9. The van der Waals surface area contributed by atoms with Crippen LogP contribution in [0.3, 0.4) is 0 Å². The Morgan fingerprint density at radius 3 is 2.59 bits per heavy atom. The summed E-state index contributed by atoms with van der Waals surface area (Å²) in [5, 5.41) is 25.8. The van der Waals surface area contributed by atoms with E-state index in [-0.39, 0.29) is 24.0 Å². The number of piperidine rings is 1. The van der Waals surface area contributed by atoms with Gasteiger partial charge < -0.3 is 34.6 Å². The number of likely N-dealkylation sites (tertiary alicyclic amines) is 1. The molecule has 2 aliphatic carbocycles. The van der Waals surface area contributed by atoms with Crippen molar-refractivity contribution in [1.82, 2.24) is 10.2 Å². The summed E-state index contributed by atoms with van der Waals surface area (Å²) < 4.78 is 17.8. The van der Waals surface area contributed by atoms with Gasteiger partial charge in [-0.2, -0.15) is 0 Å². The van der Waals surface area contributed by atoms with E-state index in [1.54, 1.807) is 39.8 Å². The zero-order valence-corrected chi connectivity index (χ0v) is 25.8. The highest BCUT2D eigenvalue weighted by Gasteiger charge is 2.72. The lowest BCUT2D eigenvalue weighted by atomic mass is 9.50. The summed E-state index contributed by atoms with van der Waals surface area (Å²) >= 11 is 0. The van der Waals surface area contributed by atoms with Gasteiger partial charge in [0.25, 0.3) is 0 Å². The zero-order valence-electron chi connectivity index (χ0n) is 25.8. The highest BCUT2D eigenvalue weighted by atomic mass is 16.6. The van der Waals surface area contributed by atoms with E-state index in [0.29, 0.717) is 25.1 Å². The maximum atomic E-state index is 13.5. The molecule has 2 bridgehead atoms. The molecule has 4 aliphatic rings. The fourth-order valence-electron chi connectivity index (χ4n) is 7.53. The Morgan fingerprint density at radius 2 is 1.89 bits per heavy atom. The summed E-state index contributed by atoms with van der Waals surface area (Å²) in [6, 6.07) is 11.1. The molecule has 6 atom stereocenters. The summed E-state index contributed by atoms with van der Waals surface area (Å²) in [5.41, 5.74) is -0.426. The first-order chi connectivity index (χ1) is 20.7. The third-order valence-electron chi connectivity index (χ3n) is 9.66. The van der Waals surface area contributed by atoms with Crippen molar-refractivity contribution in [3.8, 4) is 11.5 Å². The summed E-state index contributed by atoms with van der Waals surface area (Å²) in [7, 11) is 2.00. The van der Waals surface area contributed by atoms with E-state index in [4.69, 9.17) is 14.2 Å². The SMILES string of the molecule is C[C@H](C(=O)N[C@@H](CC(=O)OC1=CC[C@@]2(O)[C@H]3Cc4ccc(O)c5c4C2(CCN3C)C1O5)C(=O)OC(C)(C)C)c1ccccc1.